The van der Waals surface area contributed by atoms with Gasteiger partial charge in [0.15, 0.2) is 0 Å². The standard InChI is InChI=1S/C76H147N2O6P/c1-6-8-10-12-14-16-18-20-22-24-26-28-30-32-34-36-38-40-41-43-45-47-49-51-53-55-57-59-61-63-65-67-69-75(79)74(73-84-85(81,82)83-72-71-78(3,4)5)77-76(80)70-68-66-64-62-60-58-56-54-52-50-48-46-44-42-39-37-35-33-31-29-27-25-23-21-19-17-15-13-11-9-7-2/h9,11,15,17,21,23,27,29,74-75,79H,6-8,10,12-14,16,18-20,22,24-26,28,30-73H2,1-5H3,(H-,77,80,81,82)/p+1/b11-9-,17-15-,23-21-,29-27-. The molecule has 0 aliphatic rings. The third-order valence-corrected chi connectivity index (χ3v) is 18.3. The Hall–Kier alpha value is -1.54. The number of phosphoric acid groups is 1. The van der Waals surface area contributed by atoms with Gasteiger partial charge in [0, 0.05) is 6.42 Å². The lowest BCUT2D eigenvalue weighted by molar-refractivity contribution is -0.870. The van der Waals surface area contributed by atoms with E-state index in [1.54, 1.807) is 0 Å². The molecule has 0 aliphatic heterocycles. The molecule has 0 heterocycles. The number of carbonyl (C=O) groups excluding carboxylic acids is 1. The first kappa shape index (κ1) is 83.5. The number of nitrogens with zero attached hydrogens (tertiary/aromatic N) is 1. The molecule has 0 spiro atoms. The molecular formula is C76H148N2O6P+. The van der Waals surface area contributed by atoms with Crippen molar-refractivity contribution in [2.45, 2.75) is 392 Å². The summed E-state index contributed by atoms with van der Waals surface area (Å²) in [6, 6.07) is -0.763. The summed E-state index contributed by atoms with van der Waals surface area (Å²) >= 11 is 0. The van der Waals surface area contributed by atoms with Gasteiger partial charge in [-0.05, 0) is 51.4 Å². The highest BCUT2D eigenvalue weighted by atomic mass is 31.2. The van der Waals surface area contributed by atoms with Gasteiger partial charge in [-0.1, -0.05) is 371 Å². The molecule has 0 aromatic rings. The molecule has 0 saturated carbocycles. The summed E-state index contributed by atoms with van der Waals surface area (Å²) in [5, 5.41) is 14.2. The summed E-state index contributed by atoms with van der Waals surface area (Å²) in [6.45, 7) is 4.84. The summed E-state index contributed by atoms with van der Waals surface area (Å²) in [7, 11) is 1.63. The number of unbranched alkanes of at least 4 members (excludes halogenated alkanes) is 49. The highest BCUT2D eigenvalue weighted by Crippen LogP contribution is 2.43. The Morgan fingerprint density at radius 1 is 0.412 bits per heavy atom. The first-order valence-corrected chi connectivity index (χ1v) is 39.0. The Kier molecular flexibility index (Phi) is 65.7. The molecule has 3 unspecified atom stereocenters. The van der Waals surface area contributed by atoms with E-state index in [0.717, 1.165) is 64.2 Å². The largest absolute Gasteiger partial charge is 0.472 e. The fourth-order valence-corrected chi connectivity index (χ4v) is 12.3. The number of carbonyl (C=O) groups is 1. The van der Waals surface area contributed by atoms with Crippen LogP contribution < -0.4 is 5.32 Å². The summed E-state index contributed by atoms with van der Waals surface area (Å²) in [5.74, 6) is -0.137. The van der Waals surface area contributed by atoms with Gasteiger partial charge >= 0.3 is 7.82 Å². The number of hydrogen-bond donors (Lipinski definition) is 3. The Bertz CT molecular complexity index is 1530. The summed E-state index contributed by atoms with van der Waals surface area (Å²) in [5.41, 5.74) is 0. The van der Waals surface area contributed by atoms with Crippen molar-refractivity contribution in [3.63, 3.8) is 0 Å². The fourth-order valence-electron chi connectivity index (χ4n) is 11.6. The maximum Gasteiger partial charge on any atom is 0.472 e. The SMILES string of the molecule is CC/C=C\C/C=C\C/C=C\C/C=C\CCCCCCCCCCCCCCCCCCCCC(=O)NC(COP(=O)(O)OCC[N+](C)(C)C)C(O)CCCCCCCCCCCCCCCCCCCCCCCCCCCCCCCCCC. The molecule has 9 heteroatoms. The number of allylic oxidation sites excluding steroid dienone is 8. The molecular weight excluding hydrogens is 1070 g/mol. The number of aliphatic hydroxyl groups is 1. The molecule has 0 rings (SSSR count). The quantitative estimate of drug-likeness (QED) is 0.0243. The average Bonchev–Trinajstić information content (AvgIpc) is 3.49. The number of phosphoric ester groups is 1. The van der Waals surface area contributed by atoms with Crippen molar-refractivity contribution >= 4 is 13.7 Å². The van der Waals surface area contributed by atoms with Crippen LogP contribution in [0, 0.1) is 0 Å². The number of rotatable bonds is 70. The van der Waals surface area contributed by atoms with Crippen molar-refractivity contribution in [1.29, 1.82) is 0 Å². The van der Waals surface area contributed by atoms with Gasteiger partial charge in [-0.3, -0.25) is 13.8 Å². The minimum Gasteiger partial charge on any atom is -0.391 e. The van der Waals surface area contributed by atoms with Crippen LogP contribution in [-0.4, -0.2) is 73.4 Å². The number of amides is 1. The fraction of sp³-hybridized carbons (Fsp3) is 0.882. The predicted molar refractivity (Wildman–Crippen MR) is 374 cm³/mol. The van der Waals surface area contributed by atoms with E-state index in [0.29, 0.717) is 23.9 Å². The molecule has 0 aromatic carbocycles. The smallest absolute Gasteiger partial charge is 0.391 e. The van der Waals surface area contributed by atoms with Gasteiger partial charge in [-0.2, -0.15) is 0 Å². The molecule has 3 atom stereocenters. The van der Waals surface area contributed by atoms with Crippen LogP contribution >= 0.6 is 7.82 Å². The van der Waals surface area contributed by atoms with E-state index < -0.39 is 20.0 Å². The molecule has 85 heavy (non-hydrogen) atoms. The number of aliphatic hydroxyl groups excluding tert-OH is 1. The second-order valence-electron chi connectivity index (χ2n) is 27.0. The zero-order chi connectivity index (χ0) is 61.9. The van der Waals surface area contributed by atoms with Crippen LogP contribution in [0.3, 0.4) is 0 Å². The zero-order valence-corrected chi connectivity index (χ0v) is 58.5. The molecule has 1 amide bonds. The Labute approximate surface area is 530 Å². The maximum absolute atomic E-state index is 13.1. The lowest BCUT2D eigenvalue weighted by Crippen LogP contribution is -2.46. The van der Waals surface area contributed by atoms with Gasteiger partial charge in [0.25, 0.3) is 0 Å². The molecule has 3 N–H and O–H groups in total. The maximum atomic E-state index is 13.1. The third kappa shape index (κ3) is 69.8. The van der Waals surface area contributed by atoms with Crippen LogP contribution in [0.4, 0.5) is 0 Å². The van der Waals surface area contributed by atoms with Crippen molar-refractivity contribution in [3.8, 4) is 0 Å². The monoisotopic (exact) mass is 1220 g/mol. The molecule has 0 radical (unpaired) electrons. The Balaban J connectivity index is 3.96. The normalized spacial score (nSPS) is 13.8. The number of hydrogen-bond acceptors (Lipinski definition) is 5. The molecule has 8 nitrogen and oxygen atoms in total. The molecule has 0 aromatic heterocycles. The molecule has 502 valence electrons. The van der Waals surface area contributed by atoms with Crippen molar-refractivity contribution < 1.29 is 32.9 Å². The highest BCUT2D eigenvalue weighted by molar-refractivity contribution is 7.47. The summed E-state index contributed by atoms with van der Waals surface area (Å²) in [4.78, 5) is 23.5. The minimum absolute atomic E-state index is 0.0761. The van der Waals surface area contributed by atoms with E-state index in [1.165, 1.54) is 289 Å². The predicted octanol–water partition coefficient (Wildman–Crippen LogP) is 24.2. The van der Waals surface area contributed by atoms with Crippen LogP contribution in [0.5, 0.6) is 0 Å². The molecule has 0 aliphatic carbocycles. The van der Waals surface area contributed by atoms with Crippen molar-refractivity contribution in [1.82, 2.24) is 5.32 Å². The van der Waals surface area contributed by atoms with Gasteiger partial charge < -0.3 is 19.8 Å². The Morgan fingerprint density at radius 2 is 0.706 bits per heavy atom. The number of nitrogens with one attached hydrogen (secondary N) is 1. The van der Waals surface area contributed by atoms with Crippen molar-refractivity contribution in [3.05, 3.63) is 48.6 Å². The van der Waals surface area contributed by atoms with E-state index >= 15 is 0 Å². The van der Waals surface area contributed by atoms with E-state index in [1.807, 2.05) is 21.1 Å². The van der Waals surface area contributed by atoms with Crippen molar-refractivity contribution in [2.75, 3.05) is 40.9 Å². The van der Waals surface area contributed by atoms with E-state index in [2.05, 4.69) is 67.8 Å². The van der Waals surface area contributed by atoms with E-state index in [-0.39, 0.29) is 19.1 Å². The summed E-state index contributed by atoms with van der Waals surface area (Å²) in [6.07, 6.45) is 90.9. The summed E-state index contributed by atoms with van der Waals surface area (Å²) < 4.78 is 23.9. The van der Waals surface area contributed by atoms with Crippen LogP contribution in [0.25, 0.3) is 0 Å². The zero-order valence-electron chi connectivity index (χ0n) is 57.6. The number of likely N-dealkylation sites (N-methyl/N-ethyl adjacent to an activating group) is 1. The van der Waals surface area contributed by atoms with Gasteiger partial charge in [0.2, 0.25) is 5.91 Å². The molecule has 0 saturated heterocycles. The lowest BCUT2D eigenvalue weighted by atomic mass is 10.0. The van der Waals surface area contributed by atoms with Gasteiger partial charge in [-0.15, -0.1) is 0 Å². The lowest BCUT2D eigenvalue weighted by Gasteiger charge is -2.26. The van der Waals surface area contributed by atoms with E-state index in [9.17, 15) is 19.4 Å². The second-order valence-corrected chi connectivity index (χ2v) is 28.5. The molecule has 0 fully saturated rings. The highest BCUT2D eigenvalue weighted by Gasteiger charge is 2.28. The third-order valence-electron chi connectivity index (χ3n) is 17.3. The second kappa shape index (κ2) is 66.9. The van der Waals surface area contributed by atoms with Crippen molar-refractivity contribution in [2.24, 2.45) is 0 Å². The van der Waals surface area contributed by atoms with Crippen LogP contribution in [0.15, 0.2) is 48.6 Å². The van der Waals surface area contributed by atoms with Gasteiger partial charge in [-0.25, -0.2) is 4.57 Å². The van der Waals surface area contributed by atoms with Gasteiger partial charge in [0.1, 0.15) is 13.2 Å². The van der Waals surface area contributed by atoms with Crippen LogP contribution in [-0.2, 0) is 18.4 Å². The average molecular weight is 1220 g/mol. The first-order valence-electron chi connectivity index (χ1n) is 37.5. The molecule has 0 bridgehead atoms. The topological polar surface area (TPSA) is 105 Å². The Morgan fingerprint density at radius 3 is 1.04 bits per heavy atom. The number of quaternary nitrogens is 1. The van der Waals surface area contributed by atoms with Crippen LogP contribution in [0.1, 0.15) is 380 Å². The van der Waals surface area contributed by atoms with Crippen LogP contribution in [0.2, 0.25) is 0 Å². The van der Waals surface area contributed by atoms with Gasteiger partial charge in [0.05, 0.1) is 39.9 Å². The van der Waals surface area contributed by atoms with E-state index in [4.69, 9.17) is 9.05 Å². The minimum atomic E-state index is -4.33. The first-order chi connectivity index (χ1) is 41.5.